The lowest BCUT2D eigenvalue weighted by molar-refractivity contribution is 0.221. The molecule has 0 spiro atoms. The van der Waals surface area contributed by atoms with E-state index in [9.17, 15) is 0 Å². The molecule has 0 saturated heterocycles. The van der Waals surface area contributed by atoms with Gasteiger partial charge in [0, 0.05) is 11.9 Å². The Hall–Kier alpha value is -1.48. The largest absolute Gasteiger partial charge is 0.489 e. The van der Waals surface area contributed by atoms with E-state index < -0.39 is 0 Å². The van der Waals surface area contributed by atoms with Crippen molar-refractivity contribution in [1.29, 1.82) is 0 Å². The lowest BCUT2D eigenvalue weighted by Crippen LogP contribution is -2.25. The minimum Gasteiger partial charge on any atom is -0.489 e. The van der Waals surface area contributed by atoms with E-state index in [-0.39, 0.29) is 6.10 Å². The highest BCUT2D eigenvalue weighted by Gasteiger charge is 2.05. The first-order chi connectivity index (χ1) is 7.69. The Balaban J connectivity index is 2.18. The Bertz CT molecular complexity index is 476. The number of aryl methyl sites for hydroxylation is 1. The minimum absolute atomic E-state index is 0.162. The fourth-order valence-corrected chi connectivity index (χ4v) is 1.79. The molecule has 0 amide bonds. The van der Waals surface area contributed by atoms with Crippen LogP contribution in [0.1, 0.15) is 12.7 Å². The van der Waals surface area contributed by atoms with Crippen LogP contribution in [-0.4, -0.2) is 19.7 Å². The molecule has 1 aromatic carbocycles. The highest BCUT2D eigenvalue weighted by Crippen LogP contribution is 2.24. The standard InChI is InChI=1S/C13H17NO2/c1-9-6-11-7-12(4-5-13(11)16-9)15-10(2)8-14-3/h4-7,10,14H,8H2,1-3H3/t10-/m0/s1. The summed E-state index contributed by atoms with van der Waals surface area (Å²) in [6, 6.07) is 7.92. The van der Waals surface area contributed by atoms with E-state index in [2.05, 4.69) is 5.32 Å². The van der Waals surface area contributed by atoms with Gasteiger partial charge < -0.3 is 14.5 Å². The zero-order valence-corrected chi connectivity index (χ0v) is 9.91. The van der Waals surface area contributed by atoms with Gasteiger partial charge in [0.05, 0.1) is 0 Å². The lowest BCUT2D eigenvalue weighted by atomic mass is 10.2. The number of rotatable bonds is 4. The van der Waals surface area contributed by atoms with Gasteiger partial charge in [0.25, 0.3) is 0 Å². The summed E-state index contributed by atoms with van der Waals surface area (Å²) in [5, 5.41) is 4.17. The molecule has 0 aliphatic rings. The fourth-order valence-electron chi connectivity index (χ4n) is 1.79. The number of likely N-dealkylation sites (N-methyl/N-ethyl adjacent to an activating group) is 1. The van der Waals surface area contributed by atoms with Gasteiger partial charge in [-0.05, 0) is 45.2 Å². The lowest BCUT2D eigenvalue weighted by Gasteiger charge is -2.13. The summed E-state index contributed by atoms with van der Waals surface area (Å²) in [6.07, 6.45) is 0.162. The smallest absolute Gasteiger partial charge is 0.134 e. The van der Waals surface area contributed by atoms with Crippen LogP contribution in [0.2, 0.25) is 0 Å². The van der Waals surface area contributed by atoms with Gasteiger partial charge >= 0.3 is 0 Å². The predicted octanol–water partition coefficient (Wildman–Crippen LogP) is 2.73. The van der Waals surface area contributed by atoms with Crippen LogP contribution in [0.15, 0.2) is 28.7 Å². The molecule has 16 heavy (non-hydrogen) atoms. The topological polar surface area (TPSA) is 34.4 Å². The molecule has 0 saturated carbocycles. The summed E-state index contributed by atoms with van der Waals surface area (Å²) in [5.74, 6) is 1.81. The third-order valence-corrected chi connectivity index (χ3v) is 2.44. The van der Waals surface area contributed by atoms with Crippen LogP contribution < -0.4 is 10.1 Å². The fraction of sp³-hybridized carbons (Fsp3) is 0.385. The van der Waals surface area contributed by atoms with Crippen LogP contribution in [0, 0.1) is 6.92 Å². The summed E-state index contributed by atoms with van der Waals surface area (Å²) < 4.78 is 11.3. The van der Waals surface area contributed by atoms with Crippen molar-refractivity contribution in [3.8, 4) is 5.75 Å². The van der Waals surface area contributed by atoms with E-state index in [0.29, 0.717) is 0 Å². The zero-order chi connectivity index (χ0) is 11.5. The van der Waals surface area contributed by atoms with Crippen molar-refractivity contribution >= 4 is 11.0 Å². The Morgan fingerprint density at radius 1 is 1.38 bits per heavy atom. The molecular weight excluding hydrogens is 202 g/mol. The number of furan rings is 1. The molecule has 1 atom stereocenters. The van der Waals surface area contributed by atoms with E-state index >= 15 is 0 Å². The van der Waals surface area contributed by atoms with Crippen molar-refractivity contribution in [2.75, 3.05) is 13.6 Å². The quantitative estimate of drug-likeness (QED) is 0.858. The number of hydrogen-bond acceptors (Lipinski definition) is 3. The molecule has 0 radical (unpaired) electrons. The summed E-state index contributed by atoms with van der Waals surface area (Å²) in [7, 11) is 1.92. The average Bonchev–Trinajstić information content (AvgIpc) is 2.57. The molecule has 0 unspecified atom stereocenters. The molecule has 2 rings (SSSR count). The molecule has 2 aromatic rings. The van der Waals surface area contributed by atoms with Gasteiger partial charge in [-0.1, -0.05) is 0 Å². The van der Waals surface area contributed by atoms with Crippen LogP contribution in [0.25, 0.3) is 11.0 Å². The number of fused-ring (bicyclic) bond motifs is 1. The van der Waals surface area contributed by atoms with Crippen LogP contribution in [0.4, 0.5) is 0 Å². The van der Waals surface area contributed by atoms with Crippen molar-refractivity contribution < 1.29 is 9.15 Å². The number of hydrogen-bond donors (Lipinski definition) is 1. The molecule has 0 bridgehead atoms. The van der Waals surface area contributed by atoms with Gasteiger partial charge in [0.1, 0.15) is 23.2 Å². The second kappa shape index (κ2) is 4.58. The van der Waals surface area contributed by atoms with Gasteiger partial charge in [0.2, 0.25) is 0 Å². The Kier molecular flexibility index (Phi) is 3.15. The molecule has 0 aliphatic carbocycles. The van der Waals surface area contributed by atoms with Crippen molar-refractivity contribution in [3.05, 3.63) is 30.0 Å². The molecule has 1 aromatic heterocycles. The molecule has 1 heterocycles. The maximum Gasteiger partial charge on any atom is 0.134 e. The first kappa shape index (κ1) is 11.0. The van der Waals surface area contributed by atoms with E-state index in [1.165, 1.54) is 0 Å². The first-order valence-electron chi connectivity index (χ1n) is 5.50. The molecule has 1 N–H and O–H groups in total. The molecule has 0 fully saturated rings. The third-order valence-electron chi connectivity index (χ3n) is 2.44. The van der Waals surface area contributed by atoms with Crippen LogP contribution in [-0.2, 0) is 0 Å². The molecule has 3 heteroatoms. The van der Waals surface area contributed by atoms with Gasteiger partial charge in [-0.25, -0.2) is 0 Å². The SMILES string of the molecule is CNC[C@H](C)Oc1ccc2oc(C)cc2c1. The normalized spacial score (nSPS) is 12.9. The predicted molar refractivity (Wildman–Crippen MR) is 65.0 cm³/mol. The van der Waals surface area contributed by atoms with Gasteiger partial charge in [-0.15, -0.1) is 0 Å². The maximum absolute atomic E-state index is 5.77. The number of benzene rings is 1. The molecule has 86 valence electrons. The number of ether oxygens (including phenoxy) is 1. The highest BCUT2D eigenvalue weighted by molar-refractivity contribution is 5.79. The van der Waals surface area contributed by atoms with Crippen LogP contribution in [0.3, 0.4) is 0 Å². The summed E-state index contributed by atoms with van der Waals surface area (Å²) in [6.45, 7) is 4.83. The van der Waals surface area contributed by atoms with Gasteiger partial charge in [0.15, 0.2) is 0 Å². The minimum atomic E-state index is 0.162. The second-order valence-electron chi connectivity index (χ2n) is 4.04. The van der Waals surface area contributed by atoms with E-state index in [1.54, 1.807) is 0 Å². The zero-order valence-electron chi connectivity index (χ0n) is 9.91. The van der Waals surface area contributed by atoms with Crippen LogP contribution in [0.5, 0.6) is 5.75 Å². The summed E-state index contributed by atoms with van der Waals surface area (Å²) in [5.41, 5.74) is 0.908. The van der Waals surface area contributed by atoms with Gasteiger partial charge in [-0.3, -0.25) is 0 Å². The van der Waals surface area contributed by atoms with E-state index in [0.717, 1.165) is 29.0 Å². The Morgan fingerprint density at radius 3 is 2.94 bits per heavy atom. The Morgan fingerprint density at radius 2 is 2.19 bits per heavy atom. The molecule has 0 aliphatic heterocycles. The van der Waals surface area contributed by atoms with Crippen molar-refractivity contribution in [3.63, 3.8) is 0 Å². The van der Waals surface area contributed by atoms with Crippen molar-refractivity contribution in [2.45, 2.75) is 20.0 Å². The van der Waals surface area contributed by atoms with Gasteiger partial charge in [-0.2, -0.15) is 0 Å². The van der Waals surface area contributed by atoms with Crippen molar-refractivity contribution in [2.24, 2.45) is 0 Å². The first-order valence-corrected chi connectivity index (χ1v) is 5.50. The molecular formula is C13H17NO2. The average molecular weight is 219 g/mol. The van der Waals surface area contributed by atoms with E-state index in [4.69, 9.17) is 9.15 Å². The Labute approximate surface area is 95.4 Å². The van der Waals surface area contributed by atoms with E-state index in [1.807, 2.05) is 45.2 Å². The third kappa shape index (κ3) is 2.36. The number of nitrogens with one attached hydrogen (secondary N) is 1. The summed E-state index contributed by atoms with van der Waals surface area (Å²) in [4.78, 5) is 0. The molecule has 3 nitrogen and oxygen atoms in total. The second-order valence-corrected chi connectivity index (χ2v) is 4.04. The van der Waals surface area contributed by atoms with Crippen LogP contribution >= 0.6 is 0 Å². The highest BCUT2D eigenvalue weighted by atomic mass is 16.5. The maximum atomic E-state index is 5.77. The van der Waals surface area contributed by atoms with Crippen molar-refractivity contribution in [1.82, 2.24) is 5.32 Å². The monoisotopic (exact) mass is 219 g/mol. The summed E-state index contributed by atoms with van der Waals surface area (Å²) >= 11 is 0.